The quantitative estimate of drug-likeness (QED) is 0.610. The van der Waals surface area contributed by atoms with E-state index in [-0.39, 0.29) is 0 Å². The van der Waals surface area contributed by atoms with E-state index >= 15 is 0 Å². The maximum absolute atomic E-state index is 3.81. The van der Waals surface area contributed by atoms with Crippen molar-refractivity contribution in [2.75, 3.05) is 0 Å². The van der Waals surface area contributed by atoms with Crippen LogP contribution >= 0.6 is 0 Å². The Balaban J connectivity index is 2.59. The summed E-state index contributed by atoms with van der Waals surface area (Å²) in [6.07, 6.45) is 4.94. The van der Waals surface area contributed by atoms with Crippen LogP contribution < -0.4 is 5.32 Å². The molecule has 120 valence electrons. The van der Waals surface area contributed by atoms with Crippen molar-refractivity contribution in [3.63, 3.8) is 0 Å². The van der Waals surface area contributed by atoms with Gasteiger partial charge in [0.05, 0.1) is 0 Å². The van der Waals surface area contributed by atoms with Crippen LogP contribution in [0.5, 0.6) is 0 Å². The summed E-state index contributed by atoms with van der Waals surface area (Å²) in [6.45, 7) is 13.8. The summed E-state index contributed by atoms with van der Waals surface area (Å²) in [7, 11) is 0. The molecule has 0 aliphatic heterocycles. The summed E-state index contributed by atoms with van der Waals surface area (Å²) in [4.78, 5) is 0. The number of hydrogen-bond donors (Lipinski definition) is 1. The van der Waals surface area contributed by atoms with Gasteiger partial charge in [0.2, 0.25) is 0 Å². The Morgan fingerprint density at radius 1 is 0.905 bits per heavy atom. The van der Waals surface area contributed by atoms with Crippen LogP contribution in [-0.2, 0) is 6.42 Å². The summed E-state index contributed by atoms with van der Waals surface area (Å²) in [6, 6.07) is 10.3. The maximum Gasteiger partial charge on any atom is 0.0294 e. The van der Waals surface area contributed by atoms with Crippen LogP contribution in [0.25, 0.3) is 0 Å². The molecule has 0 aliphatic carbocycles. The van der Waals surface area contributed by atoms with Gasteiger partial charge in [-0.15, -0.1) is 0 Å². The van der Waals surface area contributed by atoms with Crippen LogP contribution in [0.3, 0.4) is 0 Å². The molecule has 0 aromatic heterocycles. The molecular formula is C20H35N. The first-order valence-electron chi connectivity index (χ1n) is 8.81. The Kier molecular flexibility index (Phi) is 8.03. The lowest BCUT2D eigenvalue weighted by Gasteiger charge is -2.25. The monoisotopic (exact) mass is 289 g/mol. The van der Waals surface area contributed by atoms with Crippen molar-refractivity contribution in [2.24, 2.45) is 11.8 Å². The summed E-state index contributed by atoms with van der Waals surface area (Å²) in [5.41, 5.74) is 2.86. The average molecular weight is 290 g/mol. The zero-order valence-corrected chi connectivity index (χ0v) is 14.9. The number of benzene rings is 1. The number of hydrogen-bond acceptors (Lipinski definition) is 1. The van der Waals surface area contributed by atoms with Gasteiger partial charge in [-0.05, 0) is 49.1 Å². The molecule has 0 bridgehead atoms. The Morgan fingerprint density at radius 3 is 2.00 bits per heavy atom. The van der Waals surface area contributed by atoms with Gasteiger partial charge in [0.15, 0.2) is 0 Å². The van der Waals surface area contributed by atoms with Gasteiger partial charge >= 0.3 is 0 Å². The van der Waals surface area contributed by atoms with Crippen LogP contribution in [0.1, 0.15) is 78.0 Å². The van der Waals surface area contributed by atoms with E-state index in [2.05, 4.69) is 71.1 Å². The first-order valence-corrected chi connectivity index (χ1v) is 8.81. The summed E-state index contributed by atoms with van der Waals surface area (Å²) >= 11 is 0. The minimum Gasteiger partial charge on any atom is -0.307 e. The molecule has 0 fully saturated rings. The zero-order chi connectivity index (χ0) is 15.8. The fourth-order valence-corrected chi connectivity index (χ4v) is 2.87. The summed E-state index contributed by atoms with van der Waals surface area (Å²) in [5.74, 6) is 1.54. The third-order valence-electron chi connectivity index (χ3n) is 4.49. The topological polar surface area (TPSA) is 12.0 Å². The van der Waals surface area contributed by atoms with Crippen molar-refractivity contribution in [3.8, 4) is 0 Å². The highest BCUT2D eigenvalue weighted by molar-refractivity contribution is 5.25. The standard InChI is InChI=1S/C20H35N/c1-7-16(5)14-20(8-2)21-17(6)19-11-9-18(10-12-19)13-15(3)4/h9-12,15-17,20-21H,7-8,13-14H2,1-6H3. The van der Waals surface area contributed by atoms with Gasteiger partial charge in [0, 0.05) is 12.1 Å². The molecule has 1 nitrogen and oxygen atoms in total. The second-order valence-electron chi connectivity index (χ2n) is 7.08. The zero-order valence-electron chi connectivity index (χ0n) is 14.9. The van der Waals surface area contributed by atoms with Crippen LogP contribution in [0, 0.1) is 11.8 Å². The smallest absolute Gasteiger partial charge is 0.0294 e. The fourth-order valence-electron chi connectivity index (χ4n) is 2.87. The third kappa shape index (κ3) is 6.65. The lowest BCUT2D eigenvalue weighted by atomic mass is 9.96. The van der Waals surface area contributed by atoms with Crippen molar-refractivity contribution in [3.05, 3.63) is 35.4 Å². The van der Waals surface area contributed by atoms with Crippen molar-refractivity contribution in [2.45, 2.75) is 79.3 Å². The highest BCUT2D eigenvalue weighted by atomic mass is 14.9. The molecule has 3 atom stereocenters. The molecule has 1 N–H and O–H groups in total. The van der Waals surface area contributed by atoms with Crippen molar-refractivity contribution < 1.29 is 0 Å². The van der Waals surface area contributed by atoms with Gasteiger partial charge in [-0.1, -0.05) is 65.3 Å². The van der Waals surface area contributed by atoms with Gasteiger partial charge in [-0.2, -0.15) is 0 Å². The molecule has 3 unspecified atom stereocenters. The van der Waals surface area contributed by atoms with E-state index in [1.54, 1.807) is 0 Å². The van der Waals surface area contributed by atoms with Gasteiger partial charge in [-0.3, -0.25) is 0 Å². The molecule has 21 heavy (non-hydrogen) atoms. The Bertz CT molecular complexity index is 379. The Labute approximate surface area is 132 Å². The molecule has 0 amide bonds. The SMILES string of the molecule is CCC(C)CC(CC)NC(C)c1ccc(CC(C)C)cc1. The van der Waals surface area contributed by atoms with Crippen LogP contribution in [0.15, 0.2) is 24.3 Å². The Hall–Kier alpha value is -0.820. The van der Waals surface area contributed by atoms with E-state index in [9.17, 15) is 0 Å². The first-order chi connectivity index (χ1) is 9.96. The van der Waals surface area contributed by atoms with Crippen molar-refractivity contribution in [1.82, 2.24) is 5.32 Å². The van der Waals surface area contributed by atoms with Gasteiger partial charge in [0.25, 0.3) is 0 Å². The Morgan fingerprint density at radius 2 is 1.52 bits per heavy atom. The van der Waals surface area contributed by atoms with Crippen molar-refractivity contribution >= 4 is 0 Å². The van der Waals surface area contributed by atoms with Gasteiger partial charge in [0.1, 0.15) is 0 Å². The first kappa shape index (κ1) is 18.2. The second-order valence-corrected chi connectivity index (χ2v) is 7.08. The minimum atomic E-state index is 0.437. The molecule has 0 saturated heterocycles. The molecule has 1 aromatic carbocycles. The predicted molar refractivity (Wildman–Crippen MR) is 94.7 cm³/mol. The van der Waals surface area contributed by atoms with E-state index < -0.39 is 0 Å². The molecular weight excluding hydrogens is 254 g/mol. The van der Waals surface area contributed by atoms with Gasteiger partial charge < -0.3 is 5.32 Å². The van der Waals surface area contributed by atoms with Crippen LogP contribution in [0.4, 0.5) is 0 Å². The highest BCUT2D eigenvalue weighted by Gasteiger charge is 2.14. The highest BCUT2D eigenvalue weighted by Crippen LogP contribution is 2.19. The molecule has 0 radical (unpaired) electrons. The summed E-state index contributed by atoms with van der Waals surface area (Å²) in [5, 5.41) is 3.81. The molecule has 1 heteroatoms. The maximum atomic E-state index is 3.81. The summed E-state index contributed by atoms with van der Waals surface area (Å²) < 4.78 is 0. The molecule has 1 aromatic rings. The largest absolute Gasteiger partial charge is 0.307 e. The normalized spacial score (nSPS) is 16.0. The average Bonchev–Trinajstić information content (AvgIpc) is 2.46. The number of rotatable bonds is 9. The third-order valence-corrected chi connectivity index (χ3v) is 4.49. The lowest BCUT2D eigenvalue weighted by Crippen LogP contribution is -2.32. The molecule has 0 heterocycles. The second kappa shape index (κ2) is 9.25. The van der Waals surface area contributed by atoms with Gasteiger partial charge in [-0.25, -0.2) is 0 Å². The van der Waals surface area contributed by atoms with Crippen LogP contribution in [0.2, 0.25) is 0 Å². The molecule has 0 spiro atoms. The van der Waals surface area contributed by atoms with E-state index in [1.807, 2.05) is 0 Å². The fraction of sp³-hybridized carbons (Fsp3) is 0.700. The molecule has 0 saturated carbocycles. The number of nitrogens with one attached hydrogen (secondary N) is 1. The minimum absolute atomic E-state index is 0.437. The molecule has 1 rings (SSSR count). The molecule has 0 aliphatic rings. The van der Waals surface area contributed by atoms with E-state index in [1.165, 1.54) is 36.8 Å². The van der Waals surface area contributed by atoms with Crippen molar-refractivity contribution in [1.29, 1.82) is 0 Å². The predicted octanol–water partition coefficient (Wildman–Crippen LogP) is 5.75. The van der Waals surface area contributed by atoms with E-state index in [4.69, 9.17) is 0 Å². The van der Waals surface area contributed by atoms with E-state index in [0.29, 0.717) is 12.1 Å². The van der Waals surface area contributed by atoms with Crippen LogP contribution in [-0.4, -0.2) is 6.04 Å². The van der Waals surface area contributed by atoms with E-state index in [0.717, 1.165) is 11.8 Å². The lowest BCUT2D eigenvalue weighted by molar-refractivity contribution is 0.359.